The molecule has 1 fully saturated rings. The first-order valence-corrected chi connectivity index (χ1v) is 7.14. The average molecular weight is 252 g/mol. The largest absolute Gasteiger partial charge is 0.371 e. The van der Waals surface area contributed by atoms with Crippen molar-refractivity contribution in [3.05, 3.63) is 29.3 Å². The molecule has 1 saturated heterocycles. The molecule has 2 rings (SSSR count). The van der Waals surface area contributed by atoms with Crippen LogP contribution in [-0.4, -0.2) is 13.1 Å². The lowest BCUT2D eigenvalue weighted by Gasteiger charge is -2.25. The van der Waals surface area contributed by atoms with E-state index in [4.69, 9.17) is 11.6 Å². The molecule has 0 aromatic heterocycles. The number of alkyl halides is 1. The molecule has 1 unspecified atom stereocenters. The van der Waals surface area contributed by atoms with Crippen molar-refractivity contribution in [2.24, 2.45) is 5.92 Å². The zero-order valence-corrected chi connectivity index (χ0v) is 11.6. The van der Waals surface area contributed by atoms with E-state index in [1.807, 2.05) is 0 Å². The van der Waals surface area contributed by atoms with Gasteiger partial charge in [0, 0.05) is 24.7 Å². The standard InChI is InChI=1S/C15H22ClN/c1-12-4-3-8-17(9-7-12)15-6-5-14(11-16)10-13(15)2/h5-6,10,12H,3-4,7-9,11H2,1-2H3. The van der Waals surface area contributed by atoms with Crippen molar-refractivity contribution in [1.82, 2.24) is 0 Å². The van der Waals surface area contributed by atoms with Gasteiger partial charge in [0.15, 0.2) is 0 Å². The molecule has 0 spiro atoms. The molecule has 1 heterocycles. The van der Waals surface area contributed by atoms with Gasteiger partial charge in [0.05, 0.1) is 0 Å². The lowest BCUT2D eigenvalue weighted by atomic mass is 10.0. The lowest BCUT2D eigenvalue weighted by molar-refractivity contribution is 0.521. The van der Waals surface area contributed by atoms with Gasteiger partial charge in [-0.25, -0.2) is 0 Å². The van der Waals surface area contributed by atoms with Crippen LogP contribution in [0.15, 0.2) is 18.2 Å². The Bertz CT molecular complexity index is 375. The maximum atomic E-state index is 5.87. The normalized spacial score (nSPS) is 21.4. The van der Waals surface area contributed by atoms with Gasteiger partial charge in [0.25, 0.3) is 0 Å². The molecule has 0 bridgehead atoms. The average Bonchev–Trinajstić information content (AvgIpc) is 2.54. The van der Waals surface area contributed by atoms with Crippen LogP contribution < -0.4 is 4.90 Å². The van der Waals surface area contributed by atoms with Gasteiger partial charge in [-0.15, -0.1) is 11.6 Å². The van der Waals surface area contributed by atoms with Crippen LogP contribution in [0.5, 0.6) is 0 Å². The number of hydrogen-bond donors (Lipinski definition) is 0. The van der Waals surface area contributed by atoms with Crippen LogP contribution in [0.4, 0.5) is 5.69 Å². The van der Waals surface area contributed by atoms with E-state index >= 15 is 0 Å². The summed E-state index contributed by atoms with van der Waals surface area (Å²) in [4.78, 5) is 2.54. The highest BCUT2D eigenvalue weighted by atomic mass is 35.5. The molecule has 1 nitrogen and oxygen atoms in total. The Morgan fingerprint density at radius 3 is 2.82 bits per heavy atom. The van der Waals surface area contributed by atoms with E-state index in [0.29, 0.717) is 5.88 Å². The third kappa shape index (κ3) is 3.16. The van der Waals surface area contributed by atoms with Gasteiger partial charge in [-0.2, -0.15) is 0 Å². The molecular formula is C15H22ClN. The topological polar surface area (TPSA) is 3.24 Å². The van der Waals surface area contributed by atoms with E-state index in [1.165, 1.54) is 49.2 Å². The second kappa shape index (κ2) is 5.77. The summed E-state index contributed by atoms with van der Waals surface area (Å²) in [5.41, 5.74) is 3.97. The Kier molecular flexibility index (Phi) is 4.33. The van der Waals surface area contributed by atoms with Crippen molar-refractivity contribution in [2.75, 3.05) is 18.0 Å². The summed E-state index contributed by atoms with van der Waals surface area (Å²) in [6.07, 6.45) is 4.00. The van der Waals surface area contributed by atoms with Crippen molar-refractivity contribution >= 4 is 17.3 Å². The van der Waals surface area contributed by atoms with Crippen molar-refractivity contribution in [1.29, 1.82) is 0 Å². The number of anilines is 1. The molecule has 1 aliphatic rings. The zero-order chi connectivity index (χ0) is 12.3. The minimum Gasteiger partial charge on any atom is -0.371 e. The summed E-state index contributed by atoms with van der Waals surface area (Å²) in [7, 11) is 0. The lowest BCUT2D eigenvalue weighted by Crippen LogP contribution is -2.24. The van der Waals surface area contributed by atoms with E-state index in [-0.39, 0.29) is 0 Å². The molecule has 0 aliphatic carbocycles. The monoisotopic (exact) mass is 251 g/mol. The minimum absolute atomic E-state index is 0.609. The van der Waals surface area contributed by atoms with E-state index in [9.17, 15) is 0 Å². The van der Waals surface area contributed by atoms with E-state index in [1.54, 1.807) is 0 Å². The van der Waals surface area contributed by atoms with E-state index in [0.717, 1.165) is 5.92 Å². The predicted octanol–water partition coefficient (Wildman–Crippen LogP) is 4.36. The summed E-state index contributed by atoms with van der Waals surface area (Å²) in [5, 5.41) is 0. The molecule has 94 valence electrons. The fourth-order valence-corrected chi connectivity index (χ4v) is 2.83. The molecule has 1 aromatic carbocycles. The van der Waals surface area contributed by atoms with Gasteiger partial charge in [-0.3, -0.25) is 0 Å². The second-order valence-corrected chi connectivity index (χ2v) is 5.54. The van der Waals surface area contributed by atoms with Crippen molar-refractivity contribution in [2.45, 2.75) is 39.0 Å². The first kappa shape index (κ1) is 12.8. The first-order chi connectivity index (χ1) is 8.20. The highest BCUT2D eigenvalue weighted by Crippen LogP contribution is 2.26. The number of rotatable bonds is 2. The highest BCUT2D eigenvalue weighted by molar-refractivity contribution is 6.17. The summed E-state index contributed by atoms with van der Waals surface area (Å²) in [6, 6.07) is 6.61. The molecule has 2 heteroatoms. The summed E-state index contributed by atoms with van der Waals surface area (Å²) in [5.74, 6) is 1.49. The third-order valence-corrected chi connectivity index (χ3v) is 4.08. The van der Waals surface area contributed by atoms with Gasteiger partial charge in [-0.05, 0) is 49.3 Å². The maximum Gasteiger partial charge on any atom is 0.0474 e. The Labute approximate surface area is 110 Å². The quantitative estimate of drug-likeness (QED) is 0.706. The smallest absolute Gasteiger partial charge is 0.0474 e. The van der Waals surface area contributed by atoms with Crippen LogP contribution in [0.3, 0.4) is 0 Å². The Hall–Kier alpha value is -0.690. The zero-order valence-electron chi connectivity index (χ0n) is 10.9. The highest BCUT2D eigenvalue weighted by Gasteiger charge is 2.15. The third-order valence-electron chi connectivity index (χ3n) is 3.77. The van der Waals surface area contributed by atoms with Crippen LogP contribution in [-0.2, 0) is 5.88 Å². The van der Waals surface area contributed by atoms with Gasteiger partial charge in [0.1, 0.15) is 0 Å². The molecule has 1 aromatic rings. The van der Waals surface area contributed by atoms with E-state index in [2.05, 4.69) is 36.9 Å². The van der Waals surface area contributed by atoms with Crippen LogP contribution >= 0.6 is 11.6 Å². The van der Waals surface area contributed by atoms with Crippen molar-refractivity contribution < 1.29 is 0 Å². The summed E-state index contributed by atoms with van der Waals surface area (Å²) in [6.45, 7) is 6.96. The van der Waals surface area contributed by atoms with Gasteiger partial charge < -0.3 is 4.90 Å². The van der Waals surface area contributed by atoms with Crippen molar-refractivity contribution in [3.8, 4) is 0 Å². The van der Waals surface area contributed by atoms with Gasteiger partial charge >= 0.3 is 0 Å². The minimum atomic E-state index is 0.609. The van der Waals surface area contributed by atoms with Crippen LogP contribution in [0, 0.1) is 12.8 Å². The number of benzene rings is 1. The molecule has 0 radical (unpaired) electrons. The van der Waals surface area contributed by atoms with E-state index < -0.39 is 0 Å². The maximum absolute atomic E-state index is 5.87. The Morgan fingerprint density at radius 1 is 1.29 bits per heavy atom. The Balaban J connectivity index is 2.15. The molecule has 1 atom stereocenters. The molecule has 1 aliphatic heterocycles. The fourth-order valence-electron chi connectivity index (χ4n) is 2.66. The van der Waals surface area contributed by atoms with Crippen LogP contribution in [0.25, 0.3) is 0 Å². The first-order valence-electron chi connectivity index (χ1n) is 6.61. The van der Waals surface area contributed by atoms with Crippen molar-refractivity contribution in [3.63, 3.8) is 0 Å². The number of aryl methyl sites for hydroxylation is 1. The number of nitrogens with zero attached hydrogens (tertiary/aromatic N) is 1. The Morgan fingerprint density at radius 2 is 2.12 bits per heavy atom. The summed E-state index contributed by atoms with van der Waals surface area (Å²) < 4.78 is 0. The van der Waals surface area contributed by atoms with Gasteiger partial charge in [0.2, 0.25) is 0 Å². The molecule has 0 amide bonds. The van der Waals surface area contributed by atoms with Crippen LogP contribution in [0.2, 0.25) is 0 Å². The predicted molar refractivity (Wildman–Crippen MR) is 76.0 cm³/mol. The summed E-state index contributed by atoms with van der Waals surface area (Å²) >= 11 is 5.87. The number of halogens is 1. The molecule has 17 heavy (non-hydrogen) atoms. The van der Waals surface area contributed by atoms with Crippen LogP contribution in [0.1, 0.15) is 37.3 Å². The molecular weight excluding hydrogens is 230 g/mol. The number of hydrogen-bond acceptors (Lipinski definition) is 1. The van der Waals surface area contributed by atoms with Gasteiger partial charge in [-0.1, -0.05) is 19.1 Å². The fraction of sp³-hybridized carbons (Fsp3) is 0.600. The molecule has 0 N–H and O–H groups in total. The molecule has 0 saturated carbocycles. The SMILES string of the molecule is Cc1cc(CCl)ccc1N1CCCC(C)CC1. The second-order valence-electron chi connectivity index (χ2n) is 5.28.